The van der Waals surface area contributed by atoms with Gasteiger partial charge < -0.3 is 0 Å². The van der Waals surface area contributed by atoms with Gasteiger partial charge in [-0.25, -0.2) is 0 Å². The van der Waals surface area contributed by atoms with Crippen LogP contribution >= 0.6 is 24.9 Å². The van der Waals surface area contributed by atoms with Gasteiger partial charge in [0.05, 0.1) is 21.3 Å². The minimum Gasteiger partial charge on any atom is -0.181 e. The summed E-state index contributed by atoms with van der Waals surface area (Å²) in [6.45, 7) is 0. The lowest BCUT2D eigenvalue weighted by Gasteiger charge is -2.16. The molecule has 0 spiro atoms. The van der Waals surface area contributed by atoms with Crippen LogP contribution in [0.5, 0.6) is 0 Å². The molecule has 0 atom stereocenters. The number of rotatable bonds is 5. The van der Waals surface area contributed by atoms with Crippen molar-refractivity contribution in [3.63, 3.8) is 0 Å². The Bertz CT molecular complexity index is 256. The summed E-state index contributed by atoms with van der Waals surface area (Å²) in [5.74, 6) is 0. The molecule has 1 rings (SSSR count). The van der Waals surface area contributed by atoms with Gasteiger partial charge in [0.25, 0.3) is 0 Å². The van der Waals surface area contributed by atoms with Gasteiger partial charge >= 0.3 is 7.94 Å². The average molecular weight is 296 g/mol. The van der Waals surface area contributed by atoms with Gasteiger partial charge in [-0.2, -0.15) is 13.6 Å². The molecule has 0 radical (unpaired) electrons. The van der Waals surface area contributed by atoms with Crippen LogP contribution in [-0.4, -0.2) is 21.3 Å². The summed E-state index contributed by atoms with van der Waals surface area (Å²) < 4.78 is 15.9. The van der Waals surface area contributed by atoms with Crippen LogP contribution in [0.15, 0.2) is 30.3 Å². The van der Waals surface area contributed by atoms with Crippen molar-refractivity contribution in [1.82, 2.24) is 0 Å². The van der Waals surface area contributed by atoms with E-state index in [4.69, 9.17) is 13.6 Å². The SMILES string of the molecule is Br.CO[P+](Cc1ccccc1)(OC)OC. The third-order valence-electron chi connectivity index (χ3n) is 2.05. The highest BCUT2D eigenvalue weighted by Gasteiger charge is 2.41. The lowest BCUT2D eigenvalue weighted by molar-refractivity contribution is 0.209. The highest BCUT2D eigenvalue weighted by atomic mass is 79.9. The summed E-state index contributed by atoms with van der Waals surface area (Å²) in [4.78, 5) is 0. The Labute approximate surface area is 102 Å². The minimum absolute atomic E-state index is 0. The zero-order valence-electron chi connectivity index (χ0n) is 9.17. The Morgan fingerprint density at radius 2 is 1.40 bits per heavy atom. The summed E-state index contributed by atoms with van der Waals surface area (Å²) >= 11 is 0. The highest BCUT2D eigenvalue weighted by Crippen LogP contribution is 2.62. The van der Waals surface area contributed by atoms with E-state index in [1.54, 1.807) is 21.3 Å². The van der Waals surface area contributed by atoms with Crippen molar-refractivity contribution in [2.45, 2.75) is 6.16 Å². The van der Waals surface area contributed by atoms with E-state index in [1.165, 1.54) is 0 Å². The summed E-state index contributed by atoms with van der Waals surface area (Å²) in [7, 11) is 2.68. The quantitative estimate of drug-likeness (QED) is 0.779. The van der Waals surface area contributed by atoms with Crippen LogP contribution in [0.2, 0.25) is 0 Å². The van der Waals surface area contributed by atoms with Crippen LogP contribution in [0.1, 0.15) is 5.56 Å². The molecular weight excluding hydrogens is 279 g/mol. The molecule has 0 saturated carbocycles. The predicted molar refractivity (Wildman–Crippen MR) is 68.4 cm³/mol. The zero-order chi connectivity index (χ0) is 10.4. The molecule has 15 heavy (non-hydrogen) atoms. The first-order valence-electron chi connectivity index (χ1n) is 4.35. The van der Waals surface area contributed by atoms with Gasteiger partial charge in [0.15, 0.2) is 6.16 Å². The first-order chi connectivity index (χ1) is 6.76. The molecular formula is C10H17BrO3P+. The van der Waals surface area contributed by atoms with Crippen molar-refractivity contribution >= 4 is 24.9 Å². The van der Waals surface area contributed by atoms with E-state index in [1.807, 2.05) is 30.3 Å². The molecule has 0 aliphatic heterocycles. The van der Waals surface area contributed by atoms with Crippen molar-refractivity contribution in [2.24, 2.45) is 0 Å². The van der Waals surface area contributed by atoms with Gasteiger partial charge in [-0.05, 0) is 5.56 Å². The van der Waals surface area contributed by atoms with Crippen LogP contribution in [0, 0.1) is 0 Å². The Morgan fingerprint density at radius 3 is 1.80 bits per heavy atom. The first-order valence-corrected chi connectivity index (χ1v) is 6.08. The summed E-state index contributed by atoms with van der Waals surface area (Å²) in [6.07, 6.45) is 0.678. The Balaban J connectivity index is 0.00000196. The Kier molecular flexibility index (Phi) is 7.32. The fourth-order valence-electron chi connectivity index (χ4n) is 1.22. The molecule has 5 heteroatoms. The zero-order valence-corrected chi connectivity index (χ0v) is 11.8. The van der Waals surface area contributed by atoms with E-state index in [-0.39, 0.29) is 17.0 Å². The van der Waals surface area contributed by atoms with Crippen LogP contribution < -0.4 is 0 Å². The summed E-state index contributed by atoms with van der Waals surface area (Å²) in [5, 5.41) is 0. The van der Waals surface area contributed by atoms with Crippen LogP contribution in [0.4, 0.5) is 0 Å². The number of hydrogen-bond acceptors (Lipinski definition) is 3. The van der Waals surface area contributed by atoms with Gasteiger partial charge in [-0.3, -0.25) is 0 Å². The molecule has 0 fully saturated rings. The minimum atomic E-state index is -2.16. The molecule has 0 heterocycles. The summed E-state index contributed by atoms with van der Waals surface area (Å²) in [5.41, 5.74) is 1.16. The summed E-state index contributed by atoms with van der Waals surface area (Å²) in [6, 6.07) is 10.0. The fourth-order valence-corrected chi connectivity index (χ4v) is 2.72. The number of benzene rings is 1. The van der Waals surface area contributed by atoms with E-state index in [9.17, 15) is 0 Å². The van der Waals surface area contributed by atoms with Gasteiger partial charge in [-0.1, -0.05) is 30.3 Å². The maximum absolute atomic E-state index is 5.31. The second kappa shape index (κ2) is 7.31. The smallest absolute Gasteiger partial charge is 0.181 e. The van der Waals surface area contributed by atoms with E-state index in [0.29, 0.717) is 6.16 Å². The van der Waals surface area contributed by atoms with Crippen LogP contribution in [0.25, 0.3) is 0 Å². The van der Waals surface area contributed by atoms with Crippen molar-refractivity contribution < 1.29 is 13.6 Å². The van der Waals surface area contributed by atoms with Gasteiger partial charge in [0, 0.05) is 0 Å². The fraction of sp³-hybridized carbons (Fsp3) is 0.400. The molecule has 0 aliphatic rings. The Hall–Kier alpha value is 0.01000. The largest absolute Gasteiger partial charge is 0.415 e. The third kappa shape index (κ3) is 4.17. The average Bonchev–Trinajstić information content (AvgIpc) is 2.28. The molecule has 0 N–H and O–H groups in total. The maximum Gasteiger partial charge on any atom is 0.415 e. The van der Waals surface area contributed by atoms with E-state index >= 15 is 0 Å². The van der Waals surface area contributed by atoms with E-state index < -0.39 is 7.94 Å². The number of halogens is 1. The normalized spacial score (nSPS) is 10.9. The van der Waals surface area contributed by atoms with Crippen molar-refractivity contribution in [3.05, 3.63) is 35.9 Å². The van der Waals surface area contributed by atoms with E-state index in [0.717, 1.165) is 5.56 Å². The molecule has 1 aromatic carbocycles. The molecule has 86 valence electrons. The third-order valence-corrected chi connectivity index (χ3v) is 4.48. The standard InChI is InChI=1S/C10H16O3P.BrH/c1-11-14(12-2,13-3)9-10-7-5-4-6-8-10;/h4-8H,9H2,1-3H3;1H/q+1;. The van der Waals surface area contributed by atoms with E-state index in [2.05, 4.69) is 0 Å². The van der Waals surface area contributed by atoms with Gasteiger partial charge in [0.2, 0.25) is 0 Å². The lowest BCUT2D eigenvalue weighted by Crippen LogP contribution is -2.03. The van der Waals surface area contributed by atoms with Crippen LogP contribution in [-0.2, 0) is 19.7 Å². The van der Waals surface area contributed by atoms with Crippen molar-refractivity contribution in [3.8, 4) is 0 Å². The lowest BCUT2D eigenvalue weighted by atomic mass is 10.2. The number of hydrogen-bond donors (Lipinski definition) is 0. The molecule has 0 saturated heterocycles. The molecule has 0 amide bonds. The predicted octanol–water partition coefficient (Wildman–Crippen LogP) is 3.47. The molecule has 0 aliphatic carbocycles. The second-order valence-corrected chi connectivity index (χ2v) is 5.44. The first kappa shape index (κ1) is 15.0. The molecule has 0 unspecified atom stereocenters. The van der Waals surface area contributed by atoms with Crippen molar-refractivity contribution in [1.29, 1.82) is 0 Å². The topological polar surface area (TPSA) is 27.7 Å². The monoisotopic (exact) mass is 295 g/mol. The van der Waals surface area contributed by atoms with Crippen LogP contribution in [0.3, 0.4) is 0 Å². The Morgan fingerprint density at radius 1 is 0.933 bits per heavy atom. The van der Waals surface area contributed by atoms with Crippen molar-refractivity contribution in [2.75, 3.05) is 21.3 Å². The second-order valence-electron chi connectivity index (χ2n) is 2.80. The highest BCUT2D eigenvalue weighted by molar-refractivity contribution is 8.93. The molecule has 1 aromatic rings. The molecule has 0 aromatic heterocycles. The maximum atomic E-state index is 5.31. The van der Waals surface area contributed by atoms with Gasteiger partial charge in [0.1, 0.15) is 0 Å². The molecule has 0 bridgehead atoms. The molecule has 3 nitrogen and oxygen atoms in total. The van der Waals surface area contributed by atoms with Gasteiger partial charge in [-0.15, -0.1) is 17.0 Å².